The lowest BCUT2D eigenvalue weighted by Crippen LogP contribution is -2.03. The van der Waals surface area contributed by atoms with E-state index < -0.39 is 11.6 Å². The molecule has 106 valence electrons. The van der Waals surface area contributed by atoms with Crippen LogP contribution in [0, 0.1) is 11.6 Å². The van der Waals surface area contributed by atoms with Gasteiger partial charge in [0.2, 0.25) is 0 Å². The summed E-state index contributed by atoms with van der Waals surface area (Å²) in [5.74, 6) is -1.01. The van der Waals surface area contributed by atoms with Crippen molar-refractivity contribution >= 4 is 32.5 Å². The SMILES string of the molecule is Fc1cc(NCc2cccc3cccnc23)c(F)cc1Br. The Morgan fingerprint density at radius 2 is 1.86 bits per heavy atom. The zero-order chi connectivity index (χ0) is 14.8. The lowest BCUT2D eigenvalue weighted by Gasteiger charge is -2.10. The van der Waals surface area contributed by atoms with Gasteiger partial charge in [0.15, 0.2) is 0 Å². The van der Waals surface area contributed by atoms with Gasteiger partial charge < -0.3 is 5.32 Å². The number of benzene rings is 2. The van der Waals surface area contributed by atoms with E-state index in [1.165, 1.54) is 0 Å². The maximum atomic E-state index is 13.8. The number of anilines is 1. The highest BCUT2D eigenvalue weighted by atomic mass is 79.9. The predicted molar refractivity (Wildman–Crippen MR) is 83.1 cm³/mol. The van der Waals surface area contributed by atoms with E-state index in [-0.39, 0.29) is 10.2 Å². The first-order chi connectivity index (χ1) is 10.1. The first-order valence-corrected chi connectivity index (χ1v) is 7.15. The number of nitrogens with zero attached hydrogens (tertiary/aromatic N) is 1. The van der Waals surface area contributed by atoms with Gasteiger partial charge in [-0.2, -0.15) is 0 Å². The molecule has 1 aromatic heterocycles. The van der Waals surface area contributed by atoms with E-state index in [9.17, 15) is 8.78 Å². The van der Waals surface area contributed by atoms with Crippen molar-refractivity contribution in [2.45, 2.75) is 6.54 Å². The quantitative estimate of drug-likeness (QED) is 0.681. The van der Waals surface area contributed by atoms with E-state index in [4.69, 9.17) is 0 Å². The first kappa shape index (κ1) is 13.9. The van der Waals surface area contributed by atoms with Crippen LogP contribution < -0.4 is 5.32 Å². The highest BCUT2D eigenvalue weighted by Crippen LogP contribution is 2.24. The zero-order valence-electron chi connectivity index (χ0n) is 10.9. The minimum atomic E-state index is -0.505. The van der Waals surface area contributed by atoms with Gasteiger partial charge in [-0.15, -0.1) is 0 Å². The van der Waals surface area contributed by atoms with Crippen LogP contribution >= 0.6 is 15.9 Å². The van der Waals surface area contributed by atoms with Crippen LogP contribution in [0.4, 0.5) is 14.5 Å². The molecule has 0 fully saturated rings. The summed E-state index contributed by atoms with van der Waals surface area (Å²) in [5.41, 5.74) is 1.91. The number of pyridine rings is 1. The van der Waals surface area contributed by atoms with E-state index in [2.05, 4.69) is 26.2 Å². The molecule has 0 unspecified atom stereocenters. The largest absolute Gasteiger partial charge is 0.378 e. The van der Waals surface area contributed by atoms with Gasteiger partial charge in [0.05, 0.1) is 15.7 Å². The van der Waals surface area contributed by atoms with Gasteiger partial charge in [0.1, 0.15) is 11.6 Å². The normalized spacial score (nSPS) is 10.8. The molecule has 0 spiro atoms. The Balaban J connectivity index is 1.89. The third kappa shape index (κ3) is 2.88. The summed E-state index contributed by atoms with van der Waals surface area (Å²) < 4.78 is 27.4. The van der Waals surface area contributed by atoms with Crippen molar-refractivity contribution in [3.05, 3.63) is 70.3 Å². The van der Waals surface area contributed by atoms with Crippen LogP contribution in [-0.4, -0.2) is 4.98 Å². The van der Waals surface area contributed by atoms with Gasteiger partial charge in [-0.05, 0) is 33.6 Å². The highest BCUT2D eigenvalue weighted by Gasteiger charge is 2.09. The molecule has 0 aliphatic heterocycles. The molecule has 5 heteroatoms. The summed E-state index contributed by atoms with van der Waals surface area (Å²) in [5, 5.41) is 3.93. The van der Waals surface area contributed by atoms with Crippen LogP contribution in [0.15, 0.2) is 53.1 Å². The molecule has 0 aliphatic carbocycles. The average Bonchev–Trinajstić information content (AvgIpc) is 2.49. The van der Waals surface area contributed by atoms with Crippen LogP contribution in [0.3, 0.4) is 0 Å². The van der Waals surface area contributed by atoms with Crippen LogP contribution in [0.25, 0.3) is 10.9 Å². The van der Waals surface area contributed by atoms with E-state index in [0.29, 0.717) is 6.54 Å². The maximum Gasteiger partial charge on any atom is 0.147 e. The molecule has 21 heavy (non-hydrogen) atoms. The van der Waals surface area contributed by atoms with Crippen molar-refractivity contribution in [1.29, 1.82) is 0 Å². The summed E-state index contributed by atoms with van der Waals surface area (Å²) in [6, 6.07) is 11.9. The predicted octanol–water partition coefficient (Wildman–Crippen LogP) is 4.89. The second kappa shape index (κ2) is 5.77. The monoisotopic (exact) mass is 348 g/mol. The Morgan fingerprint density at radius 1 is 1.05 bits per heavy atom. The van der Waals surface area contributed by atoms with Crippen molar-refractivity contribution in [2.75, 3.05) is 5.32 Å². The van der Waals surface area contributed by atoms with Gasteiger partial charge in [-0.3, -0.25) is 4.98 Å². The van der Waals surface area contributed by atoms with Crippen LogP contribution in [-0.2, 0) is 6.54 Å². The Hall–Kier alpha value is -2.01. The molecule has 0 saturated carbocycles. The lowest BCUT2D eigenvalue weighted by atomic mass is 10.1. The number of hydrogen-bond donors (Lipinski definition) is 1. The average molecular weight is 349 g/mol. The van der Waals surface area contributed by atoms with Crippen molar-refractivity contribution in [1.82, 2.24) is 4.98 Å². The Morgan fingerprint density at radius 3 is 2.71 bits per heavy atom. The second-order valence-electron chi connectivity index (χ2n) is 4.59. The third-order valence-electron chi connectivity index (χ3n) is 3.20. The summed E-state index contributed by atoms with van der Waals surface area (Å²) in [6.45, 7) is 0.367. The minimum Gasteiger partial charge on any atom is -0.378 e. The zero-order valence-corrected chi connectivity index (χ0v) is 12.5. The fourth-order valence-corrected chi connectivity index (χ4v) is 2.47. The number of rotatable bonds is 3. The molecule has 3 aromatic rings. The molecule has 0 amide bonds. The van der Waals surface area contributed by atoms with E-state index in [0.717, 1.165) is 28.6 Å². The highest BCUT2D eigenvalue weighted by molar-refractivity contribution is 9.10. The molecule has 0 atom stereocenters. The van der Waals surface area contributed by atoms with Gasteiger partial charge in [0.25, 0.3) is 0 Å². The molecular formula is C16H11BrF2N2. The van der Waals surface area contributed by atoms with E-state index in [1.807, 2.05) is 30.3 Å². The fourth-order valence-electron chi connectivity index (χ4n) is 2.16. The Kier molecular flexibility index (Phi) is 3.84. The molecule has 0 aliphatic rings. The van der Waals surface area contributed by atoms with Gasteiger partial charge >= 0.3 is 0 Å². The van der Waals surface area contributed by atoms with Crippen LogP contribution in [0.1, 0.15) is 5.56 Å². The first-order valence-electron chi connectivity index (χ1n) is 6.36. The molecule has 1 N–H and O–H groups in total. The molecule has 2 aromatic carbocycles. The van der Waals surface area contributed by atoms with E-state index in [1.54, 1.807) is 6.20 Å². The standard InChI is InChI=1S/C16H11BrF2N2/c17-12-7-14(19)15(8-13(12)18)21-9-11-4-1-3-10-5-2-6-20-16(10)11/h1-8,21H,9H2. The van der Waals surface area contributed by atoms with Crippen molar-refractivity contribution < 1.29 is 8.78 Å². The van der Waals surface area contributed by atoms with Crippen molar-refractivity contribution in [3.8, 4) is 0 Å². The maximum absolute atomic E-state index is 13.8. The van der Waals surface area contributed by atoms with Crippen LogP contribution in [0.5, 0.6) is 0 Å². The summed E-state index contributed by atoms with van der Waals surface area (Å²) in [4.78, 5) is 4.33. The van der Waals surface area contributed by atoms with Gasteiger partial charge in [-0.25, -0.2) is 8.78 Å². The van der Waals surface area contributed by atoms with Gasteiger partial charge in [0, 0.05) is 24.2 Å². The summed E-state index contributed by atoms with van der Waals surface area (Å²) in [6.07, 6.45) is 1.71. The van der Waals surface area contributed by atoms with E-state index >= 15 is 0 Å². The van der Waals surface area contributed by atoms with Crippen molar-refractivity contribution in [2.24, 2.45) is 0 Å². The Bertz CT molecular complexity index is 800. The fraction of sp³-hybridized carbons (Fsp3) is 0.0625. The van der Waals surface area contributed by atoms with Crippen molar-refractivity contribution in [3.63, 3.8) is 0 Å². The number of para-hydroxylation sites is 1. The number of fused-ring (bicyclic) bond motifs is 1. The molecule has 3 rings (SSSR count). The number of aromatic nitrogens is 1. The molecule has 0 bridgehead atoms. The topological polar surface area (TPSA) is 24.9 Å². The molecule has 2 nitrogen and oxygen atoms in total. The molecule has 1 heterocycles. The minimum absolute atomic E-state index is 0.109. The second-order valence-corrected chi connectivity index (χ2v) is 5.45. The summed E-state index contributed by atoms with van der Waals surface area (Å²) >= 11 is 2.96. The number of halogens is 3. The number of hydrogen-bond acceptors (Lipinski definition) is 2. The molecule has 0 radical (unpaired) electrons. The molecule has 0 saturated heterocycles. The number of nitrogens with one attached hydrogen (secondary N) is 1. The molecular weight excluding hydrogens is 338 g/mol. The smallest absolute Gasteiger partial charge is 0.147 e. The summed E-state index contributed by atoms with van der Waals surface area (Å²) in [7, 11) is 0. The van der Waals surface area contributed by atoms with Crippen LogP contribution in [0.2, 0.25) is 0 Å². The van der Waals surface area contributed by atoms with Gasteiger partial charge in [-0.1, -0.05) is 24.3 Å². The third-order valence-corrected chi connectivity index (χ3v) is 3.80. The lowest BCUT2D eigenvalue weighted by molar-refractivity contribution is 0.596. The Labute approximate surface area is 129 Å².